The first kappa shape index (κ1) is 16.0. The minimum atomic E-state index is -0.136. The second kappa shape index (κ2) is 7.53. The van der Waals surface area contributed by atoms with Crippen molar-refractivity contribution in [1.82, 2.24) is 10.2 Å². The summed E-state index contributed by atoms with van der Waals surface area (Å²) in [6, 6.07) is 7.31. The first-order chi connectivity index (χ1) is 9.42. The second-order valence-corrected chi connectivity index (χ2v) is 5.05. The number of amides is 2. The van der Waals surface area contributed by atoms with Crippen LogP contribution in [-0.2, 0) is 16.0 Å². The van der Waals surface area contributed by atoms with Crippen LogP contribution in [0.5, 0.6) is 0 Å². The van der Waals surface area contributed by atoms with Gasteiger partial charge in [-0.15, -0.1) is 0 Å². The number of benzene rings is 1. The smallest absolute Gasteiger partial charge is 0.239 e. The molecule has 2 amide bonds. The molecule has 0 heterocycles. The summed E-state index contributed by atoms with van der Waals surface area (Å²) in [5.41, 5.74) is 7.18. The normalized spacial score (nSPS) is 10.4. The van der Waals surface area contributed by atoms with Crippen molar-refractivity contribution in [1.29, 1.82) is 0 Å². The molecule has 0 spiro atoms. The Morgan fingerprint density at radius 3 is 2.60 bits per heavy atom. The molecule has 0 aliphatic rings. The lowest BCUT2D eigenvalue weighted by Crippen LogP contribution is -2.43. The minimum Gasteiger partial charge on any atom is -0.399 e. The van der Waals surface area contributed by atoms with E-state index in [1.807, 2.05) is 32.9 Å². The maximum atomic E-state index is 12.2. The molecule has 0 radical (unpaired) electrons. The van der Waals surface area contributed by atoms with E-state index in [1.54, 1.807) is 17.0 Å². The molecule has 0 saturated carbocycles. The van der Waals surface area contributed by atoms with Gasteiger partial charge < -0.3 is 16.0 Å². The van der Waals surface area contributed by atoms with Crippen LogP contribution in [0, 0.1) is 0 Å². The van der Waals surface area contributed by atoms with Gasteiger partial charge in [0.2, 0.25) is 11.8 Å². The van der Waals surface area contributed by atoms with Gasteiger partial charge in [0.05, 0.1) is 13.0 Å². The quantitative estimate of drug-likeness (QED) is 0.767. The van der Waals surface area contributed by atoms with E-state index in [4.69, 9.17) is 5.73 Å². The van der Waals surface area contributed by atoms with E-state index in [2.05, 4.69) is 5.32 Å². The van der Waals surface area contributed by atoms with Gasteiger partial charge in [0, 0.05) is 18.3 Å². The molecule has 0 atom stereocenters. The van der Waals surface area contributed by atoms with Crippen LogP contribution >= 0.6 is 0 Å². The van der Waals surface area contributed by atoms with Crippen molar-refractivity contribution in [3.8, 4) is 0 Å². The average molecular weight is 277 g/mol. The fourth-order valence-electron chi connectivity index (χ4n) is 1.91. The SMILES string of the molecule is CCN(CC(=O)NC(C)C)C(=O)Cc1cccc(N)c1. The molecule has 0 aliphatic heterocycles. The lowest BCUT2D eigenvalue weighted by atomic mass is 10.1. The Bertz CT molecular complexity index is 472. The van der Waals surface area contributed by atoms with Crippen molar-refractivity contribution >= 4 is 17.5 Å². The zero-order valence-electron chi connectivity index (χ0n) is 12.3. The van der Waals surface area contributed by atoms with E-state index in [9.17, 15) is 9.59 Å². The Kier molecular flexibility index (Phi) is 6.03. The summed E-state index contributed by atoms with van der Waals surface area (Å²) in [6.45, 7) is 6.24. The van der Waals surface area contributed by atoms with E-state index in [0.717, 1.165) is 5.56 Å². The summed E-state index contributed by atoms with van der Waals surface area (Å²) in [5, 5.41) is 2.78. The van der Waals surface area contributed by atoms with E-state index < -0.39 is 0 Å². The number of nitrogens with zero attached hydrogens (tertiary/aromatic N) is 1. The lowest BCUT2D eigenvalue weighted by molar-refractivity contribution is -0.135. The van der Waals surface area contributed by atoms with Gasteiger partial charge in [0.1, 0.15) is 0 Å². The van der Waals surface area contributed by atoms with Gasteiger partial charge in [-0.05, 0) is 38.5 Å². The van der Waals surface area contributed by atoms with Gasteiger partial charge in [-0.25, -0.2) is 0 Å². The number of nitrogens with two attached hydrogens (primary N) is 1. The average Bonchev–Trinajstić information content (AvgIpc) is 2.34. The van der Waals surface area contributed by atoms with E-state index in [-0.39, 0.29) is 30.8 Å². The molecule has 0 aliphatic carbocycles. The van der Waals surface area contributed by atoms with Crippen LogP contribution in [0.3, 0.4) is 0 Å². The molecule has 110 valence electrons. The number of anilines is 1. The first-order valence-corrected chi connectivity index (χ1v) is 6.84. The molecule has 1 rings (SSSR count). The number of carbonyl (C=O) groups excluding carboxylic acids is 2. The highest BCUT2D eigenvalue weighted by Gasteiger charge is 2.16. The van der Waals surface area contributed by atoms with E-state index in [0.29, 0.717) is 12.2 Å². The fraction of sp³-hybridized carbons (Fsp3) is 0.467. The number of hydrogen-bond donors (Lipinski definition) is 2. The Morgan fingerprint density at radius 1 is 1.35 bits per heavy atom. The Balaban J connectivity index is 2.61. The number of rotatable bonds is 6. The molecule has 1 aromatic carbocycles. The maximum Gasteiger partial charge on any atom is 0.239 e. The predicted molar refractivity (Wildman–Crippen MR) is 80.1 cm³/mol. The summed E-state index contributed by atoms with van der Waals surface area (Å²) < 4.78 is 0. The second-order valence-electron chi connectivity index (χ2n) is 5.05. The van der Waals surface area contributed by atoms with Crippen molar-refractivity contribution in [3.05, 3.63) is 29.8 Å². The Hall–Kier alpha value is -2.04. The molecule has 5 nitrogen and oxygen atoms in total. The topological polar surface area (TPSA) is 75.4 Å². The third-order valence-corrected chi connectivity index (χ3v) is 2.82. The summed E-state index contributed by atoms with van der Waals surface area (Å²) in [4.78, 5) is 25.4. The Morgan fingerprint density at radius 2 is 2.05 bits per heavy atom. The number of hydrogen-bond acceptors (Lipinski definition) is 3. The van der Waals surface area contributed by atoms with Crippen LogP contribution in [0.1, 0.15) is 26.3 Å². The summed E-state index contributed by atoms with van der Waals surface area (Å²) in [6.07, 6.45) is 0.258. The molecule has 0 fully saturated rings. The standard InChI is InChI=1S/C15H23N3O2/c1-4-18(10-14(19)17-11(2)3)15(20)9-12-6-5-7-13(16)8-12/h5-8,11H,4,9-10,16H2,1-3H3,(H,17,19). The number of nitrogen functional groups attached to an aromatic ring is 1. The van der Waals surface area contributed by atoms with Gasteiger partial charge in [-0.3, -0.25) is 9.59 Å². The fourth-order valence-corrected chi connectivity index (χ4v) is 1.91. The highest BCUT2D eigenvalue weighted by atomic mass is 16.2. The third-order valence-electron chi connectivity index (χ3n) is 2.82. The summed E-state index contributed by atoms with van der Waals surface area (Å²) >= 11 is 0. The van der Waals surface area contributed by atoms with Gasteiger partial charge >= 0.3 is 0 Å². The van der Waals surface area contributed by atoms with Crippen molar-refractivity contribution in [3.63, 3.8) is 0 Å². The maximum absolute atomic E-state index is 12.2. The van der Waals surface area contributed by atoms with Crippen LogP contribution in [0.15, 0.2) is 24.3 Å². The molecule has 0 saturated heterocycles. The first-order valence-electron chi connectivity index (χ1n) is 6.84. The number of likely N-dealkylation sites (N-methyl/N-ethyl adjacent to an activating group) is 1. The van der Waals surface area contributed by atoms with Crippen molar-refractivity contribution < 1.29 is 9.59 Å². The van der Waals surface area contributed by atoms with Crippen molar-refractivity contribution in [2.75, 3.05) is 18.8 Å². The molecule has 0 aromatic heterocycles. The van der Waals surface area contributed by atoms with Crippen LogP contribution in [0.25, 0.3) is 0 Å². The van der Waals surface area contributed by atoms with Crippen LogP contribution in [0.4, 0.5) is 5.69 Å². The van der Waals surface area contributed by atoms with Gasteiger partial charge in [0.25, 0.3) is 0 Å². The minimum absolute atomic E-state index is 0.0722. The van der Waals surface area contributed by atoms with E-state index in [1.165, 1.54) is 0 Å². The molecular formula is C15H23N3O2. The third kappa shape index (κ3) is 5.30. The van der Waals surface area contributed by atoms with Gasteiger partial charge in [-0.2, -0.15) is 0 Å². The number of carbonyl (C=O) groups is 2. The summed E-state index contributed by atoms with van der Waals surface area (Å²) in [5.74, 6) is -0.209. The Labute approximate surface area is 120 Å². The highest BCUT2D eigenvalue weighted by molar-refractivity contribution is 5.86. The van der Waals surface area contributed by atoms with E-state index >= 15 is 0 Å². The number of nitrogens with one attached hydrogen (secondary N) is 1. The van der Waals surface area contributed by atoms with Crippen LogP contribution in [-0.4, -0.2) is 35.8 Å². The monoisotopic (exact) mass is 277 g/mol. The molecule has 3 N–H and O–H groups in total. The summed E-state index contributed by atoms with van der Waals surface area (Å²) in [7, 11) is 0. The zero-order chi connectivity index (χ0) is 15.1. The predicted octanol–water partition coefficient (Wildman–Crippen LogP) is 1.18. The van der Waals surface area contributed by atoms with Crippen molar-refractivity contribution in [2.24, 2.45) is 0 Å². The largest absolute Gasteiger partial charge is 0.399 e. The van der Waals surface area contributed by atoms with Crippen LogP contribution in [0.2, 0.25) is 0 Å². The molecule has 0 unspecified atom stereocenters. The van der Waals surface area contributed by atoms with Gasteiger partial charge in [-0.1, -0.05) is 12.1 Å². The van der Waals surface area contributed by atoms with Crippen molar-refractivity contribution in [2.45, 2.75) is 33.2 Å². The molecule has 1 aromatic rings. The molecule has 0 bridgehead atoms. The zero-order valence-corrected chi connectivity index (χ0v) is 12.3. The molecule has 20 heavy (non-hydrogen) atoms. The highest BCUT2D eigenvalue weighted by Crippen LogP contribution is 2.08. The molecular weight excluding hydrogens is 254 g/mol. The van der Waals surface area contributed by atoms with Crippen LogP contribution < -0.4 is 11.1 Å². The van der Waals surface area contributed by atoms with Gasteiger partial charge in [0.15, 0.2) is 0 Å². The lowest BCUT2D eigenvalue weighted by Gasteiger charge is -2.21. The molecule has 5 heteroatoms.